The summed E-state index contributed by atoms with van der Waals surface area (Å²) in [6.45, 7) is 12.0. The summed E-state index contributed by atoms with van der Waals surface area (Å²) >= 11 is 0. The second-order valence-corrected chi connectivity index (χ2v) is 5.60. The minimum Gasteiger partial charge on any atom is -0.316 e. The van der Waals surface area contributed by atoms with Gasteiger partial charge in [0, 0.05) is 0 Å². The van der Waals surface area contributed by atoms with Crippen molar-refractivity contribution in [3.8, 4) is 0 Å². The summed E-state index contributed by atoms with van der Waals surface area (Å²) < 4.78 is 0. The Morgan fingerprint density at radius 2 is 1.20 bits per heavy atom. The molecule has 0 spiro atoms. The number of hydrogen-bond donors (Lipinski definition) is 0. The summed E-state index contributed by atoms with van der Waals surface area (Å²) in [4.78, 5) is 2.60. The van der Waals surface area contributed by atoms with Gasteiger partial charge in [-0.3, -0.25) is 0 Å². The first-order valence-corrected chi connectivity index (χ1v) is 8.51. The molecule has 0 radical (unpaired) electrons. The molecule has 0 aromatic rings. The molecule has 0 aliphatic rings. The van der Waals surface area contributed by atoms with E-state index in [9.17, 15) is 0 Å². The molecule has 0 N–H and O–H groups in total. The van der Waals surface area contributed by atoms with E-state index in [0.29, 0.717) is 0 Å². The Labute approximate surface area is 140 Å². The topological polar surface area (TPSA) is 3.24 Å². The second kappa shape index (κ2) is 19.2. The van der Waals surface area contributed by atoms with Crippen LogP contribution in [0, 0.1) is 6.92 Å². The third-order valence-electron chi connectivity index (χ3n) is 3.69. The maximum atomic E-state index is 3.79. The molecule has 0 fully saturated rings. The van der Waals surface area contributed by atoms with Gasteiger partial charge in [-0.15, -0.1) is 0 Å². The molecule has 0 saturated carbocycles. The van der Waals surface area contributed by atoms with Crippen LogP contribution in [-0.2, 0) is 0 Å². The minimum atomic E-state index is 0. The Morgan fingerprint density at radius 3 is 1.60 bits per heavy atom. The van der Waals surface area contributed by atoms with Gasteiger partial charge in [0.1, 0.15) is 0 Å². The van der Waals surface area contributed by atoms with E-state index < -0.39 is 0 Å². The Morgan fingerprint density at radius 1 is 0.750 bits per heavy atom. The van der Waals surface area contributed by atoms with Crippen molar-refractivity contribution in [2.45, 2.75) is 78.1 Å². The average Bonchev–Trinajstić information content (AvgIpc) is 2.43. The van der Waals surface area contributed by atoms with E-state index in [4.69, 9.17) is 0 Å². The average molecular weight is 273 g/mol. The molecule has 0 unspecified atom stereocenters. The van der Waals surface area contributed by atoms with Gasteiger partial charge in [0.25, 0.3) is 0 Å². The van der Waals surface area contributed by atoms with Crippen LogP contribution < -0.4 is 18.9 Å². The molecule has 2 heteroatoms. The van der Waals surface area contributed by atoms with Gasteiger partial charge < -0.3 is 4.90 Å². The van der Waals surface area contributed by atoms with Gasteiger partial charge in [-0.1, -0.05) is 65.2 Å². The Balaban J connectivity index is 0. The van der Waals surface area contributed by atoms with Crippen molar-refractivity contribution in [1.82, 2.24) is 4.90 Å². The van der Waals surface area contributed by atoms with Gasteiger partial charge in [-0.2, -0.15) is 0 Å². The van der Waals surface area contributed by atoms with Gasteiger partial charge in [-0.05, 0) is 32.5 Å². The molecule has 0 aliphatic heterocycles. The van der Waals surface area contributed by atoms with Gasteiger partial charge in [-0.25, -0.2) is 19.1 Å². The molecule has 0 aromatic carbocycles. The normalized spacial score (nSPS) is 11.2. The van der Waals surface area contributed by atoms with Crippen molar-refractivity contribution in [3.05, 3.63) is 19.1 Å². The third-order valence-corrected chi connectivity index (χ3v) is 3.69. The van der Waals surface area contributed by atoms with Crippen molar-refractivity contribution in [2.75, 3.05) is 19.6 Å². The fraction of sp³-hybridized carbons (Fsp3) is 0.833. The van der Waals surface area contributed by atoms with E-state index in [-0.39, 0.29) is 18.9 Å². The van der Waals surface area contributed by atoms with E-state index in [1.165, 1.54) is 77.3 Å². The Bertz CT molecular complexity index is 178. The molecule has 1 nitrogen and oxygen atoms in total. The SMILES string of the molecule is [CH2-]/C=C/CN(CCCCCCC)CCCCCCC.[Li+]. The standard InChI is InChI=1S/C18H36N.Li/c1-4-7-10-12-14-17-19(16-9-6-3)18-15-13-11-8-5-2;/h6,9H,3-5,7-8,10-18H2,1-2H3;/q-1;+1/b9-6+;. The van der Waals surface area contributed by atoms with Crippen LogP contribution in [0.3, 0.4) is 0 Å². The van der Waals surface area contributed by atoms with Crippen LogP contribution in [-0.4, -0.2) is 24.5 Å². The van der Waals surface area contributed by atoms with Gasteiger partial charge in [0.15, 0.2) is 0 Å². The van der Waals surface area contributed by atoms with Crippen molar-refractivity contribution in [3.63, 3.8) is 0 Å². The summed E-state index contributed by atoms with van der Waals surface area (Å²) in [6.07, 6.45) is 17.9. The summed E-state index contributed by atoms with van der Waals surface area (Å²) in [5.74, 6) is 0. The Hall–Kier alpha value is 0.167. The first-order valence-electron chi connectivity index (χ1n) is 8.51. The smallest absolute Gasteiger partial charge is 0.316 e. The van der Waals surface area contributed by atoms with Crippen LogP contribution in [0.4, 0.5) is 0 Å². The number of rotatable bonds is 14. The van der Waals surface area contributed by atoms with E-state index >= 15 is 0 Å². The number of allylic oxidation sites excluding steroid dienone is 1. The molecule has 114 valence electrons. The quantitative estimate of drug-likeness (QED) is 0.267. The zero-order chi connectivity index (χ0) is 14.2. The van der Waals surface area contributed by atoms with Crippen LogP contribution in [0.5, 0.6) is 0 Å². The summed E-state index contributed by atoms with van der Waals surface area (Å²) in [7, 11) is 0. The van der Waals surface area contributed by atoms with Crippen LogP contribution >= 0.6 is 0 Å². The minimum absolute atomic E-state index is 0. The Kier molecular flexibility index (Phi) is 21.5. The van der Waals surface area contributed by atoms with Crippen LogP contribution in [0.2, 0.25) is 0 Å². The molecule has 0 heterocycles. The number of unbranched alkanes of at least 4 members (excludes halogenated alkanes) is 8. The first-order chi connectivity index (χ1) is 9.35. The van der Waals surface area contributed by atoms with Gasteiger partial charge in [0.2, 0.25) is 0 Å². The zero-order valence-corrected chi connectivity index (χ0v) is 14.5. The summed E-state index contributed by atoms with van der Waals surface area (Å²) in [5, 5.41) is 0. The molecule has 0 amide bonds. The van der Waals surface area contributed by atoms with Gasteiger partial charge in [0.05, 0.1) is 0 Å². The maximum absolute atomic E-state index is 3.79. The van der Waals surface area contributed by atoms with Gasteiger partial charge >= 0.3 is 18.9 Å². The van der Waals surface area contributed by atoms with Crippen LogP contribution in [0.25, 0.3) is 0 Å². The fourth-order valence-corrected chi connectivity index (χ4v) is 2.40. The molecule has 20 heavy (non-hydrogen) atoms. The summed E-state index contributed by atoms with van der Waals surface area (Å²) in [5.41, 5.74) is 0. The summed E-state index contributed by atoms with van der Waals surface area (Å²) in [6, 6.07) is 0. The first kappa shape index (κ1) is 22.4. The van der Waals surface area contributed by atoms with Crippen molar-refractivity contribution in [1.29, 1.82) is 0 Å². The third kappa shape index (κ3) is 16.2. The monoisotopic (exact) mass is 273 g/mol. The van der Waals surface area contributed by atoms with E-state index in [2.05, 4.69) is 31.7 Å². The molecular weight excluding hydrogens is 237 g/mol. The van der Waals surface area contributed by atoms with Crippen molar-refractivity contribution >= 4 is 0 Å². The molecule has 0 aliphatic carbocycles. The predicted octanol–water partition coefficient (Wildman–Crippen LogP) is 2.62. The van der Waals surface area contributed by atoms with E-state index in [0.717, 1.165) is 6.54 Å². The number of nitrogens with zero attached hydrogens (tertiary/aromatic N) is 1. The zero-order valence-electron chi connectivity index (χ0n) is 14.5. The van der Waals surface area contributed by atoms with Crippen molar-refractivity contribution < 1.29 is 18.9 Å². The predicted molar refractivity (Wildman–Crippen MR) is 88.5 cm³/mol. The van der Waals surface area contributed by atoms with Crippen LogP contribution in [0.15, 0.2) is 12.2 Å². The fourth-order valence-electron chi connectivity index (χ4n) is 2.40. The van der Waals surface area contributed by atoms with Crippen LogP contribution in [0.1, 0.15) is 78.1 Å². The molecule has 0 saturated heterocycles. The molecule has 0 bridgehead atoms. The van der Waals surface area contributed by atoms with Crippen molar-refractivity contribution in [2.24, 2.45) is 0 Å². The largest absolute Gasteiger partial charge is 1.00 e. The number of hydrogen-bond acceptors (Lipinski definition) is 1. The second-order valence-electron chi connectivity index (χ2n) is 5.60. The molecule has 0 aromatic heterocycles. The van der Waals surface area contributed by atoms with E-state index in [1.54, 1.807) is 0 Å². The molecule has 0 rings (SSSR count). The molecule has 0 atom stereocenters. The molecular formula is C18H36LiN. The maximum Gasteiger partial charge on any atom is 1.00 e. The van der Waals surface area contributed by atoms with E-state index in [1.807, 2.05) is 6.08 Å².